The predicted octanol–water partition coefficient (Wildman–Crippen LogP) is 6.32. The van der Waals surface area contributed by atoms with Crippen LogP contribution >= 0.6 is 0 Å². The van der Waals surface area contributed by atoms with Gasteiger partial charge in [-0.05, 0) is 56.5 Å². The van der Waals surface area contributed by atoms with E-state index in [4.69, 9.17) is 9.47 Å². The number of carbonyl (C=O) groups excluding carboxylic acids is 1. The van der Waals surface area contributed by atoms with Crippen molar-refractivity contribution in [3.8, 4) is 16.9 Å². The Labute approximate surface area is 206 Å². The fraction of sp³-hybridized carbons (Fsp3) is 0.194. The minimum absolute atomic E-state index is 0.139. The van der Waals surface area contributed by atoms with Crippen LogP contribution in [0.25, 0.3) is 11.1 Å². The molecule has 0 bridgehead atoms. The highest BCUT2D eigenvalue weighted by molar-refractivity contribution is 5.86. The van der Waals surface area contributed by atoms with E-state index >= 15 is 0 Å². The highest BCUT2D eigenvalue weighted by Crippen LogP contribution is 2.39. The summed E-state index contributed by atoms with van der Waals surface area (Å²) in [6.07, 6.45) is 0. The molecule has 5 rings (SSSR count). The van der Waals surface area contributed by atoms with E-state index in [-0.39, 0.29) is 6.61 Å². The lowest BCUT2D eigenvalue weighted by atomic mass is 9.98. The van der Waals surface area contributed by atoms with Crippen LogP contribution in [0.1, 0.15) is 30.5 Å². The highest BCUT2D eigenvalue weighted by Gasteiger charge is 2.33. The number of benzene rings is 4. The van der Waals surface area contributed by atoms with E-state index in [0.717, 1.165) is 28.1 Å². The Balaban J connectivity index is 1.36. The van der Waals surface area contributed by atoms with Crippen LogP contribution in [0.5, 0.6) is 5.75 Å². The van der Waals surface area contributed by atoms with Gasteiger partial charge in [0.05, 0.1) is 0 Å². The maximum atomic E-state index is 12.6. The summed E-state index contributed by atoms with van der Waals surface area (Å²) in [5.74, 6) is 0.332. The summed E-state index contributed by atoms with van der Waals surface area (Å²) in [6.45, 7) is 7.69. The first-order chi connectivity index (χ1) is 16.8. The zero-order valence-corrected chi connectivity index (χ0v) is 20.6. The number of ether oxygens (including phenoxy) is 2. The second kappa shape index (κ2) is 9.05. The lowest BCUT2D eigenvalue weighted by Gasteiger charge is -2.26. The van der Waals surface area contributed by atoms with Crippen LogP contribution < -0.4 is 9.64 Å². The Bertz CT molecular complexity index is 1320. The monoisotopic (exact) mass is 464 g/mol. The maximum absolute atomic E-state index is 12.6. The van der Waals surface area contributed by atoms with Crippen LogP contribution in [0.3, 0.4) is 0 Å². The SMILES string of the molecule is Cc1cc([NH+]2c3ccccc3-c3ccccc32)cc(C)c1OCC(=O)OC(C)(C)c1ccccc1. The van der Waals surface area contributed by atoms with E-state index in [1.54, 1.807) is 0 Å². The molecule has 0 radical (unpaired) electrons. The number of nitrogens with one attached hydrogen (secondary N) is 1. The summed E-state index contributed by atoms with van der Waals surface area (Å²) in [7, 11) is 0. The Kier molecular flexibility index (Phi) is 5.91. The average molecular weight is 465 g/mol. The summed E-state index contributed by atoms with van der Waals surface area (Å²) >= 11 is 0. The number of rotatable bonds is 6. The van der Waals surface area contributed by atoms with Gasteiger partial charge in [0.25, 0.3) is 0 Å². The number of quaternary nitrogens is 1. The molecule has 0 amide bonds. The number of hydrogen-bond acceptors (Lipinski definition) is 3. The number of carbonyl (C=O) groups is 1. The topological polar surface area (TPSA) is 40.0 Å². The molecule has 1 aliphatic rings. The summed E-state index contributed by atoms with van der Waals surface area (Å²) in [4.78, 5) is 13.9. The molecule has 176 valence electrons. The fourth-order valence-corrected chi connectivity index (χ4v) is 4.99. The first-order valence-electron chi connectivity index (χ1n) is 11.9. The quantitative estimate of drug-likeness (QED) is 0.299. The molecule has 4 nitrogen and oxygen atoms in total. The third kappa shape index (κ3) is 4.33. The molecule has 1 heterocycles. The van der Waals surface area contributed by atoms with E-state index < -0.39 is 11.6 Å². The molecule has 1 N–H and O–H groups in total. The van der Waals surface area contributed by atoms with Crippen LogP contribution in [0.4, 0.5) is 17.1 Å². The van der Waals surface area contributed by atoms with Crippen LogP contribution in [-0.4, -0.2) is 12.6 Å². The summed E-state index contributed by atoms with van der Waals surface area (Å²) < 4.78 is 11.7. The third-order valence-corrected chi connectivity index (χ3v) is 6.60. The molecule has 4 aromatic carbocycles. The summed E-state index contributed by atoms with van der Waals surface area (Å²) in [5, 5.41) is 0. The normalized spacial score (nSPS) is 12.7. The molecule has 0 aromatic heterocycles. The maximum Gasteiger partial charge on any atom is 0.345 e. The Morgan fingerprint density at radius 1 is 0.771 bits per heavy atom. The second-order valence-electron chi connectivity index (χ2n) is 9.54. The van der Waals surface area contributed by atoms with Gasteiger partial charge in [-0.2, -0.15) is 0 Å². The summed E-state index contributed by atoms with van der Waals surface area (Å²) in [5.41, 5.74) is 8.36. The molecule has 4 aromatic rings. The summed E-state index contributed by atoms with van der Waals surface area (Å²) in [6, 6.07) is 31.1. The molecule has 0 aliphatic carbocycles. The predicted molar refractivity (Wildman–Crippen MR) is 139 cm³/mol. The third-order valence-electron chi connectivity index (χ3n) is 6.60. The van der Waals surface area contributed by atoms with Gasteiger partial charge in [-0.25, -0.2) is 9.69 Å². The highest BCUT2D eigenvalue weighted by atomic mass is 16.6. The zero-order valence-electron chi connectivity index (χ0n) is 20.6. The van der Waals surface area contributed by atoms with Crippen molar-refractivity contribution >= 4 is 23.0 Å². The zero-order chi connectivity index (χ0) is 24.6. The largest absolute Gasteiger partial charge is 0.481 e. The van der Waals surface area contributed by atoms with Gasteiger partial charge in [-0.15, -0.1) is 0 Å². The number of hydrogen-bond donors (Lipinski definition) is 1. The minimum Gasteiger partial charge on any atom is -0.481 e. The minimum atomic E-state index is -0.727. The standard InChI is InChI=1S/C31H29NO3/c1-21-18-24(32-27-16-10-8-14-25(27)26-15-9-11-17-28(26)32)19-22(2)30(21)34-20-29(33)35-31(3,4)23-12-6-5-7-13-23/h5-19H,20H2,1-4H3/p+1. The van der Waals surface area contributed by atoms with Crippen molar-refractivity contribution < 1.29 is 19.2 Å². The first-order valence-corrected chi connectivity index (χ1v) is 11.9. The Morgan fingerprint density at radius 3 is 1.86 bits per heavy atom. The lowest BCUT2D eigenvalue weighted by Crippen LogP contribution is -2.95. The van der Waals surface area contributed by atoms with Crippen LogP contribution in [-0.2, 0) is 15.1 Å². The van der Waals surface area contributed by atoms with Crippen molar-refractivity contribution in [1.82, 2.24) is 0 Å². The van der Waals surface area contributed by atoms with Crippen molar-refractivity contribution in [2.45, 2.75) is 33.3 Å². The number of aryl methyl sites for hydroxylation is 2. The van der Waals surface area contributed by atoms with Crippen molar-refractivity contribution in [3.63, 3.8) is 0 Å². The van der Waals surface area contributed by atoms with Crippen molar-refractivity contribution in [2.75, 3.05) is 6.61 Å². The van der Waals surface area contributed by atoms with E-state index in [1.807, 2.05) is 58.0 Å². The van der Waals surface area contributed by atoms with Gasteiger partial charge >= 0.3 is 5.97 Å². The van der Waals surface area contributed by atoms with E-state index in [1.165, 1.54) is 27.4 Å². The molecule has 0 unspecified atom stereocenters. The van der Waals surface area contributed by atoms with E-state index in [0.29, 0.717) is 0 Å². The Hall–Kier alpha value is -3.89. The smallest absolute Gasteiger partial charge is 0.345 e. The lowest BCUT2D eigenvalue weighted by molar-refractivity contribution is -0.677. The molecule has 0 fully saturated rings. The first kappa shape index (κ1) is 22.9. The van der Waals surface area contributed by atoms with E-state index in [9.17, 15) is 4.79 Å². The molecule has 0 saturated carbocycles. The van der Waals surface area contributed by atoms with Crippen molar-refractivity contribution in [1.29, 1.82) is 0 Å². The van der Waals surface area contributed by atoms with Gasteiger partial charge in [0.2, 0.25) is 0 Å². The van der Waals surface area contributed by atoms with Gasteiger partial charge in [-0.1, -0.05) is 54.6 Å². The molecule has 35 heavy (non-hydrogen) atoms. The molecule has 0 atom stereocenters. The van der Waals surface area contributed by atoms with Crippen molar-refractivity contribution in [3.05, 3.63) is 108 Å². The Morgan fingerprint density at radius 2 is 1.29 bits per heavy atom. The second-order valence-corrected chi connectivity index (χ2v) is 9.54. The molecule has 0 spiro atoms. The molecule has 0 saturated heterocycles. The van der Waals surface area contributed by atoms with Gasteiger partial charge in [0.15, 0.2) is 6.61 Å². The van der Waals surface area contributed by atoms with Gasteiger partial charge in [0.1, 0.15) is 28.4 Å². The van der Waals surface area contributed by atoms with Gasteiger partial charge in [-0.3, -0.25) is 0 Å². The molecule has 1 aliphatic heterocycles. The van der Waals surface area contributed by atoms with Gasteiger partial charge in [0, 0.05) is 35.4 Å². The fourth-order valence-electron chi connectivity index (χ4n) is 4.99. The molecular weight excluding hydrogens is 434 g/mol. The van der Waals surface area contributed by atoms with Crippen molar-refractivity contribution in [2.24, 2.45) is 0 Å². The number of para-hydroxylation sites is 2. The number of fused-ring (bicyclic) bond motifs is 3. The molecule has 4 heteroatoms. The van der Waals surface area contributed by atoms with Crippen LogP contribution in [0.15, 0.2) is 91.0 Å². The van der Waals surface area contributed by atoms with Crippen LogP contribution in [0.2, 0.25) is 0 Å². The number of esters is 1. The van der Waals surface area contributed by atoms with Crippen LogP contribution in [0, 0.1) is 13.8 Å². The van der Waals surface area contributed by atoms with Gasteiger partial charge < -0.3 is 9.47 Å². The average Bonchev–Trinajstić information content (AvgIpc) is 3.18. The molecular formula is C31H30NO3+. The van der Waals surface area contributed by atoms with E-state index in [2.05, 4.69) is 60.7 Å².